The van der Waals surface area contributed by atoms with Crippen molar-refractivity contribution in [3.05, 3.63) is 95.3 Å². The molecule has 0 saturated heterocycles. The number of carbonyl (C=O) groups excluding carboxylic acids is 2. The molecule has 0 fully saturated rings. The number of aliphatic hydroxyl groups is 1. The van der Waals surface area contributed by atoms with Gasteiger partial charge in [-0.15, -0.1) is 0 Å². The molecule has 0 heterocycles. The number of rotatable bonds is 12. The lowest BCUT2D eigenvalue weighted by molar-refractivity contribution is -0.116. The van der Waals surface area contributed by atoms with Gasteiger partial charge in [0, 0.05) is 30.3 Å². The molecule has 1 amide bonds. The Bertz CT molecular complexity index is 1250. The second-order valence-corrected chi connectivity index (χ2v) is 7.02. The van der Waals surface area contributed by atoms with Gasteiger partial charge in [-0.1, -0.05) is 60.7 Å². The molecule has 10 nitrogen and oxygen atoms in total. The van der Waals surface area contributed by atoms with Crippen LogP contribution in [0.1, 0.15) is 11.1 Å². The zero-order valence-electron chi connectivity index (χ0n) is 19.2. The van der Waals surface area contributed by atoms with Crippen LogP contribution in [0.15, 0.2) is 89.2 Å². The Kier molecular flexibility index (Phi) is 11.3. The van der Waals surface area contributed by atoms with E-state index in [4.69, 9.17) is 10.7 Å². The van der Waals surface area contributed by atoms with Crippen LogP contribution in [0, 0.1) is 22.7 Å². The van der Waals surface area contributed by atoms with Crippen molar-refractivity contribution < 1.29 is 19.5 Å². The fourth-order valence-corrected chi connectivity index (χ4v) is 3.10. The van der Waals surface area contributed by atoms with E-state index < -0.39 is 5.91 Å². The number of hydrogen-bond acceptors (Lipinski definition) is 9. The zero-order chi connectivity index (χ0) is 26.2. The summed E-state index contributed by atoms with van der Waals surface area (Å²) < 4.78 is 0. The number of hydrogen-bond donors (Lipinski definition) is 4. The number of nitrogens with two attached hydrogens (primary N) is 1. The highest BCUT2D eigenvalue weighted by atomic mass is 16.6. The minimum Gasteiger partial charge on any atom is -0.514 e. The maximum Gasteiger partial charge on any atom is 0.244 e. The molecule has 0 atom stereocenters. The van der Waals surface area contributed by atoms with Crippen LogP contribution in [-0.4, -0.2) is 42.7 Å². The average molecular weight is 485 g/mol. The number of aliphatic hydroxyl groups excluding tert-OH is 1. The van der Waals surface area contributed by atoms with Gasteiger partial charge >= 0.3 is 0 Å². The van der Waals surface area contributed by atoms with Crippen molar-refractivity contribution >= 4 is 29.1 Å². The van der Waals surface area contributed by atoms with Gasteiger partial charge in [0.15, 0.2) is 6.29 Å². The summed E-state index contributed by atoms with van der Waals surface area (Å²) in [4.78, 5) is 29.1. The largest absolute Gasteiger partial charge is 0.514 e. The van der Waals surface area contributed by atoms with Gasteiger partial charge in [-0.2, -0.15) is 15.6 Å². The van der Waals surface area contributed by atoms with Crippen LogP contribution >= 0.6 is 0 Å². The van der Waals surface area contributed by atoms with Crippen LogP contribution in [-0.2, 0) is 14.4 Å². The number of aldehydes is 1. The molecule has 0 spiro atoms. The smallest absolute Gasteiger partial charge is 0.244 e. The molecule has 0 bridgehead atoms. The summed E-state index contributed by atoms with van der Waals surface area (Å²) >= 11 is 0. The molecule has 10 heteroatoms. The van der Waals surface area contributed by atoms with Crippen LogP contribution in [0.2, 0.25) is 0 Å². The van der Waals surface area contributed by atoms with Crippen LogP contribution in [0.25, 0.3) is 11.1 Å². The van der Waals surface area contributed by atoms with E-state index in [0.717, 1.165) is 0 Å². The van der Waals surface area contributed by atoms with E-state index in [0.29, 0.717) is 23.7 Å². The van der Waals surface area contributed by atoms with Crippen molar-refractivity contribution in [3.8, 4) is 12.1 Å². The van der Waals surface area contributed by atoms with E-state index in [1.807, 2.05) is 12.1 Å². The molecule has 182 valence electrons. The first kappa shape index (κ1) is 27.2. The van der Waals surface area contributed by atoms with Gasteiger partial charge in [-0.25, -0.2) is 5.48 Å². The third kappa shape index (κ3) is 7.78. The Hall–Kier alpha value is -5.03. The van der Waals surface area contributed by atoms with Gasteiger partial charge < -0.3 is 16.3 Å². The highest BCUT2D eigenvalue weighted by Gasteiger charge is 2.16. The molecule has 0 radical (unpaired) electrons. The summed E-state index contributed by atoms with van der Waals surface area (Å²) in [5, 5.41) is 34.3. The van der Waals surface area contributed by atoms with Crippen molar-refractivity contribution in [3.63, 3.8) is 0 Å². The quantitative estimate of drug-likeness (QED) is 0.0408. The lowest BCUT2D eigenvalue weighted by Gasteiger charge is -2.11. The number of hydroxylamine groups is 1. The van der Waals surface area contributed by atoms with Crippen molar-refractivity contribution in [2.24, 2.45) is 10.9 Å². The predicted molar refractivity (Wildman–Crippen MR) is 134 cm³/mol. The molecule has 2 aromatic carbocycles. The topological polar surface area (TPSA) is 174 Å². The Balaban J connectivity index is 1.99. The molecule has 0 unspecified atom stereocenters. The molecule has 0 aliphatic heterocycles. The molecular weight excluding hydrogens is 460 g/mol. The number of amides is 1. The van der Waals surface area contributed by atoms with Gasteiger partial charge in [0.05, 0.1) is 23.5 Å². The van der Waals surface area contributed by atoms with Crippen molar-refractivity contribution in [1.82, 2.24) is 10.8 Å². The monoisotopic (exact) mass is 484 g/mol. The highest BCUT2D eigenvalue weighted by molar-refractivity contribution is 6.49. The number of nitrogens with one attached hydrogen (secondary N) is 2. The zero-order valence-corrected chi connectivity index (χ0v) is 19.2. The molecule has 0 aliphatic rings. The molecule has 5 N–H and O–H groups in total. The van der Waals surface area contributed by atoms with Gasteiger partial charge in [-0.3, -0.25) is 14.4 Å². The normalized spacial score (nSPS) is 12.7. The fraction of sp³-hybridized carbons (Fsp3) is 0.115. The second kappa shape index (κ2) is 15.0. The van der Waals surface area contributed by atoms with E-state index >= 15 is 0 Å². The number of hydrazone groups is 1. The summed E-state index contributed by atoms with van der Waals surface area (Å²) in [7, 11) is 0. The van der Waals surface area contributed by atoms with Gasteiger partial charge in [0.2, 0.25) is 5.91 Å². The van der Waals surface area contributed by atoms with E-state index in [-0.39, 0.29) is 47.7 Å². The Labute approximate surface area is 208 Å². The van der Waals surface area contributed by atoms with Crippen molar-refractivity contribution in [1.29, 1.82) is 10.5 Å². The third-order valence-electron chi connectivity index (χ3n) is 4.75. The Morgan fingerprint density at radius 1 is 1.03 bits per heavy atom. The van der Waals surface area contributed by atoms with Crippen molar-refractivity contribution in [2.75, 3.05) is 19.7 Å². The predicted octanol–water partition coefficient (Wildman–Crippen LogP) is 2.16. The van der Waals surface area contributed by atoms with Crippen LogP contribution in [0.5, 0.6) is 0 Å². The lowest BCUT2D eigenvalue weighted by atomic mass is 9.97. The van der Waals surface area contributed by atoms with E-state index in [9.17, 15) is 25.2 Å². The third-order valence-corrected chi connectivity index (χ3v) is 4.75. The number of nitrogens with zero attached hydrogens (tertiary/aromatic N) is 3. The number of nitriles is 2. The molecule has 2 aromatic rings. The van der Waals surface area contributed by atoms with Crippen LogP contribution in [0.4, 0.5) is 0 Å². The Morgan fingerprint density at radius 3 is 2.19 bits per heavy atom. The van der Waals surface area contributed by atoms with Gasteiger partial charge in [0.1, 0.15) is 18.4 Å². The number of benzene rings is 2. The summed E-state index contributed by atoms with van der Waals surface area (Å²) in [6, 6.07) is 21.3. The molecule has 0 aliphatic carbocycles. The average Bonchev–Trinajstić information content (AvgIpc) is 2.93. The minimum atomic E-state index is -0.482. The van der Waals surface area contributed by atoms with Gasteiger partial charge in [-0.05, 0) is 11.1 Å². The SMILES string of the molecule is N#CC(=CO)C(=CC(=O)NCCNOC/C(C#N)=C(\C(C=O)=NN)c1ccccc1)c1ccccc1. The summed E-state index contributed by atoms with van der Waals surface area (Å²) in [6.45, 7) is 0.154. The lowest BCUT2D eigenvalue weighted by Crippen LogP contribution is -2.31. The summed E-state index contributed by atoms with van der Waals surface area (Å²) in [5.41, 5.74) is 4.31. The molecular formula is C26H24N6O4. The number of allylic oxidation sites excluding steroid dienone is 3. The maximum atomic E-state index is 12.4. The van der Waals surface area contributed by atoms with E-state index in [1.165, 1.54) is 6.08 Å². The highest BCUT2D eigenvalue weighted by Crippen LogP contribution is 2.22. The first-order valence-electron chi connectivity index (χ1n) is 10.7. The minimum absolute atomic E-state index is 0.0569. The molecule has 2 rings (SSSR count). The first-order chi connectivity index (χ1) is 17.6. The van der Waals surface area contributed by atoms with Crippen LogP contribution in [0.3, 0.4) is 0 Å². The standard InChI is InChI=1S/C26H24N6O4/c27-14-21(16-33)23(19-7-3-1-4-8-19)13-25(35)30-11-12-31-36-18-22(15-28)26(24(17-34)32-29)20-9-5-2-6-10-20/h1-10,13,16-17,31,33H,11-12,18,29H2,(H,30,35)/b21-16?,23-13?,26-22-,32-24?. The molecule has 36 heavy (non-hydrogen) atoms. The maximum absolute atomic E-state index is 12.4. The Morgan fingerprint density at radius 2 is 1.67 bits per heavy atom. The van der Waals surface area contributed by atoms with Crippen molar-refractivity contribution in [2.45, 2.75) is 0 Å². The first-order valence-corrected chi connectivity index (χ1v) is 10.7. The second-order valence-electron chi connectivity index (χ2n) is 7.02. The number of carbonyl (C=O) groups is 2. The molecule has 0 aromatic heterocycles. The summed E-state index contributed by atoms with van der Waals surface area (Å²) in [6.07, 6.45) is 2.33. The summed E-state index contributed by atoms with van der Waals surface area (Å²) in [5.74, 6) is 4.84. The molecule has 0 saturated carbocycles. The van der Waals surface area contributed by atoms with E-state index in [1.54, 1.807) is 60.7 Å². The van der Waals surface area contributed by atoms with Crippen LogP contribution < -0.4 is 16.6 Å². The van der Waals surface area contributed by atoms with E-state index in [2.05, 4.69) is 15.9 Å². The van der Waals surface area contributed by atoms with Gasteiger partial charge in [0.25, 0.3) is 0 Å². The fourth-order valence-electron chi connectivity index (χ4n) is 3.10.